The quantitative estimate of drug-likeness (QED) is 0.756. The maximum atomic E-state index is 12.7. The van der Waals surface area contributed by atoms with E-state index >= 15 is 0 Å². The summed E-state index contributed by atoms with van der Waals surface area (Å²) < 4.78 is 38.1. The van der Waals surface area contributed by atoms with Crippen molar-refractivity contribution in [1.82, 2.24) is 9.88 Å². The van der Waals surface area contributed by atoms with Gasteiger partial charge in [-0.15, -0.1) is 0 Å². The molecule has 0 saturated carbocycles. The van der Waals surface area contributed by atoms with Gasteiger partial charge in [0.2, 0.25) is 0 Å². The molecular formula is C17H16Cl2F3N3. The second-order valence-electron chi connectivity index (χ2n) is 5.92. The van der Waals surface area contributed by atoms with Crippen molar-refractivity contribution < 1.29 is 13.2 Å². The summed E-state index contributed by atoms with van der Waals surface area (Å²) in [5, 5.41) is 0.734. The van der Waals surface area contributed by atoms with Gasteiger partial charge in [0.1, 0.15) is 5.82 Å². The Morgan fingerprint density at radius 2 is 1.64 bits per heavy atom. The Morgan fingerprint density at radius 3 is 2.20 bits per heavy atom. The fourth-order valence-corrected chi connectivity index (χ4v) is 3.20. The van der Waals surface area contributed by atoms with Gasteiger partial charge < -0.3 is 4.90 Å². The minimum absolute atomic E-state index is 0.0287. The zero-order valence-electron chi connectivity index (χ0n) is 13.2. The minimum atomic E-state index is -4.44. The molecule has 0 N–H and O–H groups in total. The first-order valence-electron chi connectivity index (χ1n) is 7.77. The van der Waals surface area contributed by atoms with Gasteiger partial charge in [0, 0.05) is 43.9 Å². The highest BCUT2D eigenvalue weighted by molar-refractivity contribution is 6.33. The lowest BCUT2D eigenvalue weighted by Gasteiger charge is -2.35. The van der Waals surface area contributed by atoms with Crippen LogP contribution in [0, 0.1) is 0 Å². The van der Waals surface area contributed by atoms with E-state index in [0.29, 0.717) is 23.9 Å². The molecule has 3 nitrogen and oxygen atoms in total. The first-order valence-corrected chi connectivity index (χ1v) is 8.53. The van der Waals surface area contributed by atoms with Crippen molar-refractivity contribution in [3.63, 3.8) is 0 Å². The molecule has 1 aliphatic heterocycles. The minimum Gasteiger partial charge on any atom is -0.353 e. The van der Waals surface area contributed by atoms with Gasteiger partial charge in [0.05, 0.1) is 10.6 Å². The van der Waals surface area contributed by atoms with Crippen LogP contribution in [0.1, 0.15) is 11.1 Å². The van der Waals surface area contributed by atoms with Crippen molar-refractivity contribution in [3.8, 4) is 0 Å². The first kappa shape index (κ1) is 18.3. The Bertz CT molecular complexity index is 727. The van der Waals surface area contributed by atoms with Gasteiger partial charge in [0.25, 0.3) is 0 Å². The summed E-state index contributed by atoms with van der Waals surface area (Å²) in [6, 6.07) is 8.63. The highest BCUT2D eigenvalue weighted by Crippen LogP contribution is 2.33. The maximum absolute atomic E-state index is 12.7. The Morgan fingerprint density at radius 1 is 1.00 bits per heavy atom. The number of rotatable bonds is 3. The van der Waals surface area contributed by atoms with E-state index in [1.165, 1.54) is 5.56 Å². The number of halogens is 5. The van der Waals surface area contributed by atoms with Crippen molar-refractivity contribution in [2.75, 3.05) is 31.1 Å². The van der Waals surface area contributed by atoms with Gasteiger partial charge in [-0.2, -0.15) is 13.2 Å². The second-order valence-corrected chi connectivity index (χ2v) is 6.76. The molecule has 0 spiro atoms. The predicted molar refractivity (Wildman–Crippen MR) is 93.2 cm³/mol. The van der Waals surface area contributed by atoms with E-state index in [0.717, 1.165) is 31.9 Å². The maximum Gasteiger partial charge on any atom is 0.417 e. The molecule has 1 aliphatic rings. The molecule has 1 aromatic heterocycles. The van der Waals surface area contributed by atoms with E-state index in [4.69, 9.17) is 23.2 Å². The van der Waals surface area contributed by atoms with Crippen molar-refractivity contribution in [1.29, 1.82) is 0 Å². The van der Waals surface area contributed by atoms with Gasteiger partial charge in [-0.05, 0) is 23.8 Å². The molecular weight excluding hydrogens is 374 g/mol. The topological polar surface area (TPSA) is 19.4 Å². The molecule has 25 heavy (non-hydrogen) atoms. The second kappa shape index (κ2) is 7.40. The first-order chi connectivity index (χ1) is 11.8. The van der Waals surface area contributed by atoms with Gasteiger partial charge in [0.15, 0.2) is 0 Å². The Hall–Kier alpha value is -1.50. The van der Waals surface area contributed by atoms with Crippen molar-refractivity contribution in [3.05, 3.63) is 57.7 Å². The SMILES string of the molecule is FC(F)(F)c1cnc(N2CCN(Cc3ccc(Cl)cc3)CC2)c(Cl)c1. The number of anilines is 1. The van der Waals surface area contributed by atoms with E-state index in [2.05, 4.69) is 9.88 Å². The molecule has 1 aromatic carbocycles. The van der Waals surface area contributed by atoms with E-state index in [-0.39, 0.29) is 5.02 Å². The van der Waals surface area contributed by atoms with E-state index in [1.54, 1.807) is 0 Å². The van der Waals surface area contributed by atoms with E-state index in [9.17, 15) is 13.2 Å². The van der Waals surface area contributed by atoms with Crippen LogP contribution in [0.4, 0.5) is 19.0 Å². The summed E-state index contributed by atoms with van der Waals surface area (Å²) >= 11 is 11.9. The molecule has 1 fully saturated rings. The average Bonchev–Trinajstić information content (AvgIpc) is 2.57. The number of aromatic nitrogens is 1. The molecule has 2 aromatic rings. The van der Waals surface area contributed by atoms with E-state index < -0.39 is 11.7 Å². The third kappa shape index (κ3) is 4.57. The van der Waals surface area contributed by atoms with Gasteiger partial charge in [-0.3, -0.25) is 4.90 Å². The normalized spacial score (nSPS) is 16.3. The van der Waals surface area contributed by atoms with Crippen LogP contribution in [0.25, 0.3) is 0 Å². The Balaban J connectivity index is 1.61. The zero-order valence-corrected chi connectivity index (χ0v) is 14.7. The van der Waals surface area contributed by atoms with Crippen molar-refractivity contribution in [2.45, 2.75) is 12.7 Å². The summed E-state index contributed by atoms with van der Waals surface area (Å²) in [5.41, 5.74) is 0.339. The van der Waals surface area contributed by atoms with Crippen molar-refractivity contribution in [2.24, 2.45) is 0 Å². The zero-order chi connectivity index (χ0) is 18.0. The number of hydrogen-bond acceptors (Lipinski definition) is 3. The van der Waals surface area contributed by atoms with Crippen LogP contribution in [0.5, 0.6) is 0 Å². The predicted octanol–water partition coefficient (Wildman–Crippen LogP) is 4.73. The Labute approximate surface area is 154 Å². The number of benzene rings is 1. The molecule has 3 rings (SSSR count). The molecule has 0 atom stereocenters. The third-order valence-corrected chi connectivity index (χ3v) is 4.67. The Kier molecular flexibility index (Phi) is 5.41. The van der Waals surface area contributed by atoms with Crippen LogP contribution in [-0.4, -0.2) is 36.1 Å². The van der Waals surface area contributed by atoms with Crippen LogP contribution in [0.15, 0.2) is 36.5 Å². The highest BCUT2D eigenvalue weighted by Gasteiger charge is 2.32. The summed E-state index contributed by atoms with van der Waals surface area (Å²) in [6.07, 6.45) is -3.60. The summed E-state index contributed by atoms with van der Waals surface area (Å²) in [6.45, 7) is 3.68. The molecule has 0 aliphatic carbocycles. The van der Waals surface area contributed by atoms with Crippen LogP contribution in [-0.2, 0) is 12.7 Å². The number of pyridine rings is 1. The highest BCUT2D eigenvalue weighted by atomic mass is 35.5. The van der Waals surface area contributed by atoms with Gasteiger partial charge >= 0.3 is 6.18 Å². The molecule has 0 radical (unpaired) electrons. The molecule has 1 saturated heterocycles. The largest absolute Gasteiger partial charge is 0.417 e. The summed E-state index contributed by atoms with van der Waals surface area (Å²) in [7, 11) is 0. The molecule has 134 valence electrons. The summed E-state index contributed by atoms with van der Waals surface area (Å²) in [5.74, 6) is 0.404. The van der Waals surface area contributed by atoms with Crippen LogP contribution in [0.2, 0.25) is 10.0 Å². The van der Waals surface area contributed by atoms with Crippen LogP contribution < -0.4 is 4.90 Å². The fourth-order valence-electron chi connectivity index (χ4n) is 2.78. The van der Waals surface area contributed by atoms with Crippen LogP contribution in [0.3, 0.4) is 0 Å². The molecule has 0 amide bonds. The lowest BCUT2D eigenvalue weighted by molar-refractivity contribution is -0.137. The van der Waals surface area contributed by atoms with Crippen LogP contribution >= 0.6 is 23.2 Å². The number of alkyl halides is 3. The standard InChI is InChI=1S/C17H16Cl2F3N3/c18-14-3-1-12(2-4-14)11-24-5-7-25(8-6-24)16-15(19)9-13(10-23-16)17(20,21)22/h1-4,9-10H,5-8,11H2. The van der Waals surface area contributed by atoms with E-state index in [1.807, 2.05) is 29.2 Å². The number of hydrogen-bond donors (Lipinski definition) is 0. The van der Waals surface area contributed by atoms with Crippen molar-refractivity contribution >= 4 is 29.0 Å². The molecule has 2 heterocycles. The molecule has 0 unspecified atom stereocenters. The average molecular weight is 390 g/mol. The monoisotopic (exact) mass is 389 g/mol. The molecule has 0 bridgehead atoms. The molecule has 8 heteroatoms. The van der Waals surface area contributed by atoms with Gasteiger partial charge in [-0.1, -0.05) is 35.3 Å². The number of nitrogens with zero attached hydrogens (tertiary/aromatic N) is 3. The third-order valence-electron chi connectivity index (χ3n) is 4.14. The smallest absolute Gasteiger partial charge is 0.353 e. The lowest BCUT2D eigenvalue weighted by Crippen LogP contribution is -2.46. The fraction of sp³-hybridized carbons (Fsp3) is 0.353. The van der Waals surface area contributed by atoms with Gasteiger partial charge in [-0.25, -0.2) is 4.98 Å². The number of piperazine rings is 1. The lowest BCUT2D eigenvalue weighted by atomic mass is 10.2. The summed E-state index contributed by atoms with van der Waals surface area (Å²) in [4.78, 5) is 8.12.